The van der Waals surface area contributed by atoms with Crippen LogP contribution in [-0.2, 0) is 19.1 Å². The first kappa shape index (κ1) is 28.8. The van der Waals surface area contributed by atoms with E-state index in [9.17, 15) is 14.4 Å². The number of likely N-dealkylation sites (N-methyl/N-ethyl adjacent to an activating group) is 1. The fraction of sp³-hybridized carbons (Fsp3) is 0.640. The van der Waals surface area contributed by atoms with Crippen LogP contribution < -0.4 is 0 Å². The highest BCUT2D eigenvalue weighted by molar-refractivity contribution is 5.83. The summed E-state index contributed by atoms with van der Waals surface area (Å²) in [6.45, 7) is 2.59. The summed E-state index contributed by atoms with van der Waals surface area (Å²) in [5, 5.41) is 8.99. The summed E-state index contributed by atoms with van der Waals surface area (Å²) in [4.78, 5) is 35.0. The highest BCUT2D eigenvalue weighted by Gasteiger charge is 2.24. The maximum atomic E-state index is 12.0. The molecule has 0 saturated heterocycles. The zero-order valence-corrected chi connectivity index (χ0v) is 19.8. The van der Waals surface area contributed by atoms with Crippen LogP contribution in [0.5, 0.6) is 0 Å². The number of ether oxygens (including phenoxy) is 1. The fourth-order valence-corrected chi connectivity index (χ4v) is 2.94. The molecule has 1 N–H and O–H groups in total. The van der Waals surface area contributed by atoms with Crippen LogP contribution in [-0.4, -0.2) is 61.1 Å². The Balaban J connectivity index is 3.98. The van der Waals surface area contributed by atoms with Crippen LogP contribution in [0.4, 0.5) is 0 Å². The van der Waals surface area contributed by atoms with Crippen LogP contribution in [0.3, 0.4) is 0 Å². The molecule has 0 amide bonds. The number of allylic oxidation sites excluding steroid dienone is 6. The number of hydrogen-bond acceptors (Lipinski definition) is 4. The van der Waals surface area contributed by atoms with Crippen LogP contribution in [0.2, 0.25) is 0 Å². The van der Waals surface area contributed by atoms with E-state index in [2.05, 4.69) is 25.2 Å². The number of aliphatic carboxylic acids is 1. The van der Waals surface area contributed by atoms with Crippen LogP contribution in [0.15, 0.2) is 36.5 Å². The lowest BCUT2D eigenvalue weighted by Gasteiger charge is -2.28. The van der Waals surface area contributed by atoms with E-state index in [0.29, 0.717) is 17.4 Å². The number of Topliss-reactive ketones (excluding diaryl/α,β-unsaturated/α-hetero) is 1. The Morgan fingerprint density at radius 1 is 0.871 bits per heavy atom. The van der Waals surface area contributed by atoms with Crippen molar-refractivity contribution in [3.05, 3.63) is 36.5 Å². The highest BCUT2D eigenvalue weighted by Crippen LogP contribution is 2.09. The van der Waals surface area contributed by atoms with Gasteiger partial charge < -0.3 is 14.3 Å². The Bertz CT molecular complexity index is 614. The molecule has 0 bridgehead atoms. The third kappa shape index (κ3) is 20.8. The number of rotatable bonds is 18. The van der Waals surface area contributed by atoms with Crippen LogP contribution >= 0.6 is 0 Å². The zero-order chi connectivity index (χ0) is 23.5. The molecule has 0 rings (SSSR count). The van der Waals surface area contributed by atoms with Gasteiger partial charge in [0.2, 0.25) is 0 Å². The van der Waals surface area contributed by atoms with Crippen molar-refractivity contribution in [2.75, 3.05) is 27.7 Å². The van der Waals surface area contributed by atoms with Gasteiger partial charge in [-0.3, -0.25) is 14.4 Å². The van der Waals surface area contributed by atoms with Gasteiger partial charge in [-0.1, -0.05) is 56.2 Å². The summed E-state index contributed by atoms with van der Waals surface area (Å²) in [7, 11) is 5.72. The smallest absolute Gasteiger partial charge is 0.307 e. The normalized spacial score (nSPS) is 13.3. The van der Waals surface area contributed by atoms with E-state index in [0.717, 1.165) is 25.7 Å². The number of carbonyl (C=O) groups is 3. The van der Waals surface area contributed by atoms with E-state index in [1.165, 1.54) is 12.8 Å². The SMILES string of the molecule is CCCCC=CC=CC=CCCCCC(=O)CCC(=O)OC(CC(=O)O)C[N+](C)(C)C. The van der Waals surface area contributed by atoms with E-state index in [1.807, 2.05) is 39.4 Å². The first-order valence-electron chi connectivity index (χ1n) is 11.4. The molecule has 176 valence electrons. The maximum absolute atomic E-state index is 12.0. The highest BCUT2D eigenvalue weighted by atomic mass is 16.5. The molecular formula is C25H42NO5+. The summed E-state index contributed by atoms with van der Waals surface area (Å²) in [5.41, 5.74) is 0. The topological polar surface area (TPSA) is 80.7 Å². The third-order valence-electron chi connectivity index (χ3n) is 4.47. The number of carbonyl (C=O) groups excluding carboxylic acids is 2. The van der Waals surface area contributed by atoms with Crippen molar-refractivity contribution in [1.82, 2.24) is 0 Å². The van der Waals surface area contributed by atoms with E-state index in [-0.39, 0.29) is 25.0 Å². The molecule has 0 aliphatic rings. The van der Waals surface area contributed by atoms with Gasteiger partial charge in [0.15, 0.2) is 6.10 Å². The molecular weight excluding hydrogens is 394 g/mol. The van der Waals surface area contributed by atoms with Gasteiger partial charge in [-0.05, 0) is 25.7 Å². The Labute approximate surface area is 188 Å². The number of ketones is 1. The Hall–Kier alpha value is -2.21. The van der Waals surface area contributed by atoms with Gasteiger partial charge >= 0.3 is 11.9 Å². The molecule has 0 saturated carbocycles. The van der Waals surface area contributed by atoms with Gasteiger partial charge in [0.05, 0.1) is 34.0 Å². The molecule has 6 nitrogen and oxygen atoms in total. The van der Waals surface area contributed by atoms with Gasteiger partial charge in [0, 0.05) is 12.8 Å². The molecule has 0 radical (unpaired) electrons. The number of carboxylic acids is 1. The summed E-state index contributed by atoms with van der Waals surface area (Å²) >= 11 is 0. The van der Waals surface area contributed by atoms with Crippen LogP contribution in [0, 0.1) is 0 Å². The average molecular weight is 437 g/mol. The van der Waals surface area contributed by atoms with Crippen LogP contribution in [0.1, 0.15) is 71.1 Å². The lowest BCUT2D eigenvalue weighted by atomic mass is 10.1. The molecule has 6 heteroatoms. The molecule has 0 aromatic carbocycles. The average Bonchev–Trinajstić information content (AvgIpc) is 2.65. The quantitative estimate of drug-likeness (QED) is 0.144. The van der Waals surface area contributed by atoms with Gasteiger partial charge in [0.25, 0.3) is 0 Å². The largest absolute Gasteiger partial charge is 0.481 e. The van der Waals surface area contributed by atoms with Crippen molar-refractivity contribution in [2.45, 2.75) is 77.2 Å². The first-order chi connectivity index (χ1) is 14.6. The fourth-order valence-electron chi connectivity index (χ4n) is 2.94. The van der Waals surface area contributed by atoms with Gasteiger partial charge in [-0.15, -0.1) is 0 Å². The predicted molar refractivity (Wildman–Crippen MR) is 125 cm³/mol. The van der Waals surface area contributed by atoms with Crippen LogP contribution in [0.25, 0.3) is 0 Å². The summed E-state index contributed by atoms with van der Waals surface area (Å²) in [6.07, 6.45) is 18.3. The van der Waals surface area contributed by atoms with E-state index < -0.39 is 18.0 Å². The Morgan fingerprint density at radius 2 is 1.48 bits per heavy atom. The van der Waals surface area contributed by atoms with Crippen molar-refractivity contribution < 1.29 is 28.7 Å². The number of hydrogen-bond donors (Lipinski definition) is 1. The third-order valence-corrected chi connectivity index (χ3v) is 4.47. The Kier molecular flexibility index (Phi) is 16.2. The molecule has 0 aromatic rings. The predicted octanol–water partition coefficient (Wildman–Crippen LogP) is 4.85. The molecule has 31 heavy (non-hydrogen) atoms. The number of carboxylic acid groups (broad SMARTS) is 1. The minimum atomic E-state index is -1.00. The second kappa shape index (κ2) is 17.5. The van der Waals surface area contributed by atoms with Gasteiger partial charge in [0.1, 0.15) is 12.3 Å². The standard InChI is InChI=1S/C25H41NO5/c1-5-6-7-8-9-10-11-12-13-14-15-16-17-22(27)18-19-25(30)31-23(20-24(28)29)21-26(2,3)4/h8-13,23H,5-7,14-21H2,1-4H3/p+1. The minimum Gasteiger partial charge on any atom is -0.481 e. The molecule has 0 aliphatic heterocycles. The summed E-state index contributed by atoms with van der Waals surface area (Å²) < 4.78 is 5.79. The molecule has 0 aliphatic carbocycles. The Morgan fingerprint density at radius 3 is 2.03 bits per heavy atom. The lowest BCUT2D eigenvalue weighted by Crippen LogP contribution is -2.43. The summed E-state index contributed by atoms with van der Waals surface area (Å²) in [5.74, 6) is -1.47. The lowest BCUT2D eigenvalue weighted by molar-refractivity contribution is -0.873. The number of quaternary nitrogens is 1. The van der Waals surface area contributed by atoms with Crippen molar-refractivity contribution in [3.8, 4) is 0 Å². The van der Waals surface area contributed by atoms with Crippen molar-refractivity contribution in [2.24, 2.45) is 0 Å². The van der Waals surface area contributed by atoms with Crippen molar-refractivity contribution >= 4 is 17.7 Å². The minimum absolute atomic E-state index is 0.00255. The summed E-state index contributed by atoms with van der Waals surface area (Å²) in [6, 6.07) is 0. The van der Waals surface area contributed by atoms with Gasteiger partial charge in [-0.25, -0.2) is 0 Å². The molecule has 1 unspecified atom stereocenters. The molecule has 1 atom stereocenters. The van der Waals surface area contributed by atoms with E-state index in [1.54, 1.807) is 0 Å². The number of unbranched alkanes of at least 4 members (excludes halogenated alkanes) is 4. The zero-order valence-electron chi connectivity index (χ0n) is 19.8. The molecule has 0 fully saturated rings. The molecule has 0 aromatic heterocycles. The molecule has 0 heterocycles. The number of nitrogens with zero attached hydrogens (tertiary/aromatic N) is 1. The van der Waals surface area contributed by atoms with Gasteiger partial charge in [-0.2, -0.15) is 0 Å². The van der Waals surface area contributed by atoms with Crippen molar-refractivity contribution in [1.29, 1.82) is 0 Å². The van der Waals surface area contributed by atoms with E-state index in [4.69, 9.17) is 9.84 Å². The van der Waals surface area contributed by atoms with E-state index >= 15 is 0 Å². The second-order valence-electron chi connectivity index (χ2n) is 8.85. The maximum Gasteiger partial charge on any atom is 0.307 e. The molecule has 0 spiro atoms. The second-order valence-corrected chi connectivity index (χ2v) is 8.85. The number of esters is 1. The first-order valence-corrected chi connectivity index (χ1v) is 11.4. The van der Waals surface area contributed by atoms with Crippen molar-refractivity contribution in [3.63, 3.8) is 0 Å². The monoisotopic (exact) mass is 436 g/mol.